The first-order chi connectivity index (χ1) is 9.51. The van der Waals surface area contributed by atoms with E-state index in [1.54, 1.807) is 5.01 Å². The van der Waals surface area contributed by atoms with Crippen molar-refractivity contribution in [2.75, 3.05) is 25.2 Å². The molecule has 1 N–H and O–H groups in total. The lowest BCUT2D eigenvalue weighted by atomic mass is 10.00. The number of hydrogen-bond acceptors (Lipinski definition) is 7. The fourth-order valence-electron chi connectivity index (χ4n) is 1.91. The van der Waals surface area contributed by atoms with Crippen molar-refractivity contribution in [1.82, 2.24) is 9.98 Å². The molecule has 0 bridgehead atoms. The summed E-state index contributed by atoms with van der Waals surface area (Å²) in [7, 11) is 1.19. The highest BCUT2D eigenvalue weighted by molar-refractivity contribution is 5.70. The summed E-state index contributed by atoms with van der Waals surface area (Å²) in [6.07, 6.45) is -0.372. The number of piperidine rings is 1. The van der Waals surface area contributed by atoms with Gasteiger partial charge in [-0.25, -0.2) is 4.79 Å². The summed E-state index contributed by atoms with van der Waals surface area (Å²) in [4.78, 5) is 28.2. The minimum Gasteiger partial charge on any atom is -0.481 e. The van der Waals surface area contributed by atoms with Gasteiger partial charge in [0.1, 0.15) is 5.02 Å². The smallest absolute Gasteiger partial charge is 0.481 e. The molecular formula is C10H17N3O7. The van der Waals surface area contributed by atoms with Gasteiger partial charge < -0.3 is 19.4 Å². The molecule has 2 heterocycles. The second-order valence-electron chi connectivity index (χ2n) is 4.41. The number of aliphatic carboxylic acids is 1. The van der Waals surface area contributed by atoms with Crippen LogP contribution in [-0.4, -0.2) is 53.7 Å². The van der Waals surface area contributed by atoms with E-state index in [9.17, 15) is 9.59 Å². The van der Waals surface area contributed by atoms with Gasteiger partial charge >= 0.3 is 12.1 Å². The van der Waals surface area contributed by atoms with Crippen LogP contribution >= 0.6 is 0 Å². The molecule has 2 atom stereocenters. The molecular weight excluding hydrogens is 274 g/mol. The first-order valence-electron chi connectivity index (χ1n) is 6.18. The average Bonchev–Trinajstić information content (AvgIpc) is 3.17. The number of carbonyl (C=O) groups excluding carboxylic acids is 1. The number of carboxylic acid groups (broad SMARTS) is 1. The van der Waals surface area contributed by atoms with Crippen LogP contribution in [0.25, 0.3) is 0 Å². The quantitative estimate of drug-likeness (QED) is 0.590. The van der Waals surface area contributed by atoms with Crippen molar-refractivity contribution in [3.63, 3.8) is 0 Å². The van der Waals surface area contributed by atoms with Gasteiger partial charge in [0.05, 0.1) is 19.6 Å². The molecule has 1 aromatic heterocycles. The van der Waals surface area contributed by atoms with Crippen molar-refractivity contribution in [3.8, 4) is 0 Å². The minimum atomic E-state index is -0.896. The molecule has 0 radical (unpaired) electrons. The molecule has 0 amide bonds. The maximum absolute atomic E-state index is 11.0. The second kappa shape index (κ2) is 5.80. The third kappa shape index (κ3) is 3.39. The number of rotatable bonds is 5. The van der Waals surface area contributed by atoms with Gasteiger partial charge in [0.15, 0.2) is 0 Å². The number of methoxy groups -OCH3 is 1. The Kier molecular flexibility index (Phi) is 4.11. The van der Waals surface area contributed by atoms with E-state index in [2.05, 4.69) is 4.74 Å². The Labute approximate surface area is 114 Å². The minimum absolute atomic E-state index is 0.335. The predicted octanol–water partition coefficient (Wildman–Crippen LogP) is -0.127. The Hall–Kier alpha value is -2.26. The lowest BCUT2D eigenvalue weighted by Crippen LogP contribution is -2.44. The van der Waals surface area contributed by atoms with Crippen molar-refractivity contribution in [3.05, 3.63) is 0 Å². The van der Waals surface area contributed by atoms with Crippen molar-refractivity contribution < 1.29 is 33.6 Å². The van der Waals surface area contributed by atoms with Gasteiger partial charge in [0.25, 0.3) is 6.29 Å². The van der Waals surface area contributed by atoms with Crippen LogP contribution in [0, 0.1) is 5.92 Å². The molecule has 2 unspecified atom stereocenters. The van der Waals surface area contributed by atoms with Gasteiger partial charge in [0.2, 0.25) is 0 Å². The molecule has 10 nitrogen and oxygen atoms in total. The molecule has 0 saturated carbocycles. The SMILES string of the molecule is COC(=O)OC(C)On1on1N1CCCC(C(=O)O)C1. The van der Waals surface area contributed by atoms with E-state index in [0.29, 0.717) is 19.5 Å². The van der Waals surface area contributed by atoms with Crippen LogP contribution in [0.15, 0.2) is 4.63 Å². The normalized spacial score (nSPS) is 20.5. The highest BCUT2D eigenvalue weighted by atomic mass is 17.0. The van der Waals surface area contributed by atoms with Gasteiger partial charge in [-0.05, 0) is 12.8 Å². The van der Waals surface area contributed by atoms with E-state index >= 15 is 0 Å². The van der Waals surface area contributed by atoms with Crippen LogP contribution < -0.4 is 9.85 Å². The van der Waals surface area contributed by atoms with Crippen LogP contribution in [0.5, 0.6) is 0 Å². The zero-order valence-electron chi connectivity index (χ0n) is 11.2. The first-order valence-corrected chi connectivity index (χ1v) is 6.18. The summed E-state index contributed by atoms with van der Waals surface area (Å²) in [5.41, 5.74) is 0. The third-order valence-corrected chi connectivity index (χ3v) is 2.92. The highest BCUT2D eigenvalue weighted by Crippen LogP contribution is 2.17. The molecule has 0 spiro atoms. The summed E-state index contributed by atoms with van der Waals surface area (Å²) in [6, 6.07) is 0. The molecule has 1 saturated heterocycles. The van der Waals surface area contributed by atoms with Crippen LogP contribution in [0.1, 0.15) is 19.8 Å². The molecule has 20 heavy (non-hydrogen) atoms. The highest BCUT2D eigenvalue weighted by Gasteiger charge is 2.31. The number of aromatic nitrogens is 2. The summed E-state index contributed by atoms with van der Waals surface area (Å²) in [5.74, 6) is -1.26. The zero-order valence-corrected chi connectivity index (χ0v) is 11.2. The Morgan fingerprint density at radius 2 is 2.20 bits per heavy atom. The zero-order chi connectivity index (χ0) is 14.7. The monoisotopic (exact) mass is 291 g/mol. The number of carboxylic acids is 1. The Morgan fingerprint density at radius 3 is 2.85 bits per heavy atom. The largest absolute Gasteiger partial charge is 0.511 e. The van der Waals surface area contributed by atoms with E-state index in [0.717, 1.165) is 11.4 Å². The molecule has 0 aliphatic carbocycles. The molecule has 1 fully saturated rings. The Morgan fingerprint density at radius 1 is 1.45 bits per heavy atom. The van der Waals surface area contributed by atoms with Crippen LogP contribution in [0.3, 0.4) is 0 Å². The van der Waals surface area contributed by atoms with Gasteiger partial charge in [-0.1, -0.05) is 0 Å². The molecule has 10 heteroatoms. The molecule has 1 aliphatic heterocycles. The predicted molar refractivity (Wildman–Crippen MR) is 62.5 cm³/mol. The third-order valence-electron chi connectivity index (χ3n) is 2.92. The van der Waals surface area contributed by atoms with Gasteiger partial charge in [0, 0.05) is 18.4 Å². The fraction of sp³-hybridized carbons (Fsp3) is 0.800. The van der Waals surface area contributed by atoms with E-state index in [-0.39, 0.29) is 0 Å². The molecule has 114 valence electrons. The summed E-state index contributed by atoms with van der Waals surface area (Å²) in [5, 5.41) is 11.7. The summed E-state index contributed by atoms with van der Waals surface area (Å²) in [6.45, 7) is 2.49. The number of nitrogens with zero attached hydrogens (tertiary/aromatic N) is 3. The standard InChI is InChI=1S/C10H17N3O7/c1-7(18-10(16)17-2)19-13-12(20-13)11-5-3-4-8(6-11)9(14)15/h7-8H,3-6H2,1-2H3,(H,14,15). The van der Waals surface area contributed by atoms with E-state index in [1.165, 1.54) is 19.0 Å². The van der Waals surface area contributed by atoms with E-state index < -0.39 is 24.3 Å². The van der Waals surface area contributed by atoms with Crippen LogP contribution in [0.4, 0.5) is 4.79 Å². The fourth-order valence-corrected chi connectivity index (χ4v) is 1.91. The number of hydrogen-bond donors (Lipinski definition) is 1. The second-order valence-corrected chi connectivity index (χ2v) is 4.41. The lowest BCUT2D eigenvalue weighted by Gasteiger charge is -2.26. The van der Waals surface area contributed by atoms with Crippen molar-refractivity contribution in [2.45, 2.75) is 26.1 Å². The molecule has 1 aromatic rings. The van der Waals surface area contributed by atoms with Gasteiger partial charge in [-0.3, -0.25) is 9.80 Å². The first kappa shape index (κ1) is 14.2. The van der Waals surface area contributed by atoms with Gasteiger partial charge in [-0.15, -0.1) is 0 Å². The summed E-state index contributed by atoms with van der Waals surface area (Å²) >= 11 is 0. The number of ether oxygens (including phenoxy) is 2. The van der Waals surface area contributed by atoms with Crippen LogP contribution in [-0.2, 0) is 14.3 Å². The maximum Gasteiger partial charge on any atom is 0.511 e. The topological polar surface area (TPSA) is 108 Å². The molecule has 0 aromatic carbocycles. The summed E-state index contributed by atoms with van der Waals surface area (Å²) < 4.78 is 14.0. The molecule has 1 aliphatic rings. The number of carbonyl (C=O) groups is 2. The lowest BCUT2D eigenvalue weighted by molar-refractivity contribution is -0.142. The van der Waals surface area contributed by atoms with Gasteiger partial charge in [-0.2, -0.15) is 4.63 Å². The Balaban J connectivity index is 1.82. The van der Waals surface area contributed by atoms with Crippen molar-refractivity contribution in [1.29, 1.82) is 0 Å². The Bertz CT molecular complexity index is 462. The average molecular weight is 291 g/mol. The van der Waals surface area contributed by atoms with E-state index in [1.807, 2.05) is 0 Å². The van der Waals surface area contributed by atoms with Crippen molar-refractivity contribution >= 4 is 12.1 Å². The van der Waals surface area contributed by atoms with Crippen LogP contribution in [0.2, 0.25) is 0 Å². The maximum atomic E-state index is 11.0. The van der Waals surface area contributed by atoms with E-state index in [4.69, 9.17) is 19.3 Å². The van der Waals surface area contributed by atoms with Crippen molar-refractivity contribution in [2.24, 2.45) is 5.92 Å². The molecule has 2 rings (SSSR count).